The number of nitrogen functional groups attached to an aromatic ring is 1. The zero-order valence-electron chi connectivity index (χ0n) is 10.5. The van der Waals surface area contributed by atoms with E-state index in [2.05, 4.69) is 10.3 Å². The van der Waals surface area contributed by atoms with Gasteiger partial charge in [0.1, 0.15) is 4.88 Å². The Morgan fingerprint density at radius 3 is 2.85 bits per heavy atom. The molecule has 2 heterocycles. The molecule has 0 saturated carbocycles. The molecule has 1 amide bonds. The monoisotopic (exact) mass is 303 g/mol. The van der Waals surface area contributed by atoms with E-state index in [0.29, 0.717) is 5.39 Å². The minimum atomic E-state index is -4.32. The van der Waals surface area contributed by atoms with Crippen LogP contribution in [0.25, 0.3) is 10.1 Å². The third-order valence-corrected chi connectivity index (χ3v) is 3.81. The van der Waals surface area contributed by atoms with Gasteiger partial charge in [-0.3, -0.25) is 9.78 Å². The molecule has 1 atom stereocenters. The Labute approximate surface area is 116 Å². The number of thiophene rings is 1. The van der Waals surface area contributed by atoms with Crippen LogP contribution >= 0.6 is 11.3 Å². The highest BCUT2D eigenvalue weighted by Gasteiger charge is 2.31. The molecule has 0 aliphatic heterocycles. The number of fused-ring (bicyclic) bond motifs is 1. The molecule has 0 aliphatic rings. The van der Waals surface area contributed by atoms with Gasteiger partial charge in [0.05, 0.1) is 16.8 Å². The molecule has 8 heteroatoms. The first-order valence-electron chi connectivity index (χ1n) is 5.77. The van der Waals surface area contributed by atoms with Crippen molar-refractivity contribution >= 4 is 33.0 Å². The number of nitrogens with zero attached hydrogens (tertiary/aromatic N) is 1. The summed E-state index contributed by atoms with van der Waals surface area (Å²) in [7, 11) is 0. The fourth-order valence-electron chi connectivity index (χ4n) is 1.83. The van der Waals surface area contributed by atoms with Crippen LogP contribution in [0.3, 0.4) is 0 Å². The predicted molar refractivity (Wildman–Crippen MR) is 71.6 cm³/mol. The van der Waals surface area contributed by atoms with E-state index in [1.54, 1.807) is 18.5 Å². The maximum absolute atomic E-state index is 12.2. The Kier molecular flexibility index (Phi) is 3.85. The molecule has 0 fully saturated rings. The number of nitrogens with one attached hydrogen (secondary N) is 1. The van der Waals surface area contributed by atoms with E-state index in [9.17, 15) is 18.0 Å². The van der Waals surface area contributed by atoms with E-state index in [1.807, 2.05) is 0 Å². The van der Waals surface area contributed by atoms with Crippen LogP contribution in [0.1, 0.15) is 23.0 Å². The summed E-state index contributed by atoms with van der Waals surface area (Å²) in [5.74, 6) is -0.597. The lowest BCUT2D eigenvalue weighted by atomic mass is 10.2. The van der Waals surface area contributed by atoms with Gasteiger partial charge in [-0.05, 0) is 13.0 Å². The topological polar surface area (TPSA) is 68.0 Å². The van der Waals surface area contributed by atoms with Gasteiger partial charge >= 0.3 is 6.18 Å². The molecule has 4 nitrogen and oxygen atoms in total. The zero-order chi connectivity index (χ0) is 14.9. The van der Waals surface area contributed by atoms with Crippen LogP contribution in [0.15, 0.2) is 18.5 Å². The van der Waals surface area contributed by atoms with Gasteiger partial charge in [0, 0.05) is 23.8 Å². The summed E-state index contributed by atoms with van der Waals surface area (Å²) in [6.07, 6.45) is -2.29. The fourth-order valence-corrected chi connectivity index (χ4v) is 2.82. The Balaban J connectivity index is 2.17. The third kappa shape index (κ3) is 3.19. The molecule has 0 radical (unpaired) electrons. The summed E-state index contributed by atoms with van der Waals surface area (Å²) in [4.78, 5) is 16.1. The number of rotatable bonds is 3. The van der Waals surface area contributed by atoms with E-state index >= 15 is 0 Å². The molecule has 0 aliphatic carbocycles. The van der Waals surface area contributed by atoms with Gasteiger partial charge in [-0.2, -0.15) is 13.2 Å². The quantitative estimate of drug-likeness (QED) is 0.916. The number of anilines is 1. The van der Waals surface area contributed by atoms with Crippen molar-refractivity contribution in [3.8, 4) is 0 Å². The van der Waals surface area contributed by atoms with Crippen LogP contribution in [0, 0.1) is 0 Å². The largest absolute Gasteiger partial charge is 0.397 e. The molecule has 3 N–H and O–H groups in total. The first kappa shape index (κ1) is 14.6. The molecule has 20 heavy (non-hydrogen) atoms. The van der Waals surface area contributed by atoms with Crippen LogP contribution in [0.2, 0.25) is 0 Å². The molecule has 2 aromatic heterocycles. The number of hydrogen-bond acceptors (Lipinski definition) is 4. The van der Waals surface area contributed by atoms with Crippen molar-refractivity contribution in [3.05, 3.63) is 23.3 Å². The molecular weight excluding hydrogens is 291 g/mol. The average Bonchev–Trinajstić information content (AvgIpc) is 2.65. The molecule has 108 valence electrons. The lowest BCUT2D eigenvalue weighted by Gasteiger charge is -2.15. The van der Waals surface area contributed by atoms with Crippen molar-refractivity contribution in [1.82, 2.24) is 10.3 Å². The number of alkyl halides is 3. The van der Waals surface area contributed by atoms with Crippen LogP contribution in [0.5, 0.6) is 0 Å². The van der Waals surface area contributed by atoms with Crippen molar-refractivity contribution in [2.75, 3.05) is 5.73 Å². The van der Waals surface area contributed by atoms with Crippen molar-refractivity contribution in [1.29, 1.82) is 0 Å². The van der Waals surface area contributed by atoms with Gasteiger partial charge in [0.2, 0.25) is 0 Å². The van der Waals surface area contributed by atoms with E-state index in [4.69, 9.17) is 5.73 Å². The fraction of sp³-hybridized carbons (Fsp3) is 0.333. The predicted octanol–water partition coefficient (Wildman–Crippen LogP) is 2.95. The second-order valence-electron chi connectivity index (χ2n) is 4.41. The number of hydrogen-bond donors (Lipinski definition) is 2. The Morgan fingerprint density at radius 2 is 2.25 bits per heavy atom. The van der Waals surface area contributed by atoms with Crippen molar-refractivity contribution in [2.45, 2.75) is 25.6 Å². The third-order valence-electron chi connectivity index (χ3n) is 2.65. The lowest BCUT2D eigenvalue weighted by molar-refractivity contribution is -0.138. The summed E-state index contributed by atoms with van der Waals surface area (Å²) in [6, 6.07) is 0.655. The normalized spacial score (nSPS) is 13.4. The van der Waals surface area contributed by atoms with Crippen molar-refractivity contribution in [2.24, 2.45) is 0 Å². The maximum atomic E-state index is 12.2. The van der Waals surface area contributed by atoms with Gasteiger partial charge in [0.25, 0.3) is 5.91 Å². The summed E-state index contributed by atoms with van der Waals surface area (Å²) in [5.41, 5.74) is 6.11. The minimum absolute atomic E-state index is 0.210. The second-order valence-corrected chi connectivity index (χ2v) is 5.46. The summed E-state index contributed by atoms with van der Waals surface area (Å²) in [6.45, 7) is 1.30. The minimum Gasteiger partial charge on any atom is -0.397 e. The first-order valence-corrected chi connectivity index (χ1v) is 6.59. The van der Waals surface area contributed by atoms with Crippen LogP contribution < -0.4 is 11.1 Å². The van der Waals surface area contributed by atoms with Crippen molar-refractivity contribution < 1.29 is 18.0 Å². The molecule has 0 aromatic carbocycles. The van der Waals surface area contributed by atoms with Gasteiger partial charge in [-0.15, -0.1) is 11.3 Å². The van der Waals surface area contributed by atoms with Crippen LogP contribution in [-0.4, -0.2) is 23.1 Å². The number of pyridine rings is 1. The lowest BCUT2D eigenvalue weighted by Crippen LogP contribution is -2.35. The number of amides is 1. The molecule has 2 rings (SSSR count). The Bertz CT molecular complexity index is 638. The van der Waals surface area contributed by atoms with Gasteiger partial charge in [-0.25, -0.2) is 0 Å². The molecule has 0 saturated heterocycles. The van der Waals surface area contributed by atoms with Crippen LogP contribution in [0.4, 0.5) is 18.9 Å². The maximum Gasteiger partial charge on any atom is 0.391 e. The summed E-state index contributed by atoms with van der Waals surface area (Å²) >= 11 is 1.11. The standard InChI is InChI=1S/C12H12F3N3OS/c1-6(4-12(13,14)15)18-11(19)10-9(16)7-2-3-17-5-8(7)20-10/h2-3,5-6H,4,16H2,1H3,(H,18,19). The van der Waals surface area contributed by atoms with E-state index in [1.165, 1.54) is 6.92 Å². The number of carbonyl (C=O) groups excluding carboxylic acids is 1. The van der Waals surface area contributed by atoms with Crippen molar-refractivity contribution in [3.63, 3.8) is 0 Å². The summed E-state index contributed by atoms with van der Waals surface area (Å²) in [5, 5.41) is 2.98. The molecular formula is C12H12F3N3OS. The van der Waals surface area contributed by atoms with Crippen LogP contribution in [-0.2, 0) is 0 Å². The van der Waals surface area contributed by atoms with E-state index < -0.39 is 24.5 Å². The first-order chi connectivity index (χ1) is 9.28. The van der Waals surface area contributed by atoms with Gasteiger partial charge in [-0.1, -0.05) is 0 Å². The number of carbonyl (C=O) groups is 1. The number of nitrogens with two attached hydrogens (primary N) is 1. The Morgan fingerprint density at radius 1 is 1.55 bits per heavy atom. The zero-order valence-corrected chi connectivity index (χ0v) is 11.3. The average molecular weight is 303 g/mol. The van der Waals surface area contributed by atoms with E-state index in [0.717, 1.165) is 16.0 Å². The summed E-state index contributed by atoms with van der Waals surface area (Å²) < 4.78 is 37.4. The number of aromatic nitrogens is 1. The number of halogens is 3. The Hall–Kier alpha value is -1.83. The molecule has 2 aromatic rings. The second kappa shape index (κ2) is 5.28. The highest BCUT2D eigenvalue weighted by molar-refractivity contribution is 7.21. The molecule has 0 spiro atoms. The SMILES string of the molecule is CC(CC(F)(F)F)NC(=O)c1sc2cnccc2c1N. The highest BCUT2D eigenvalue weighted by Crippen LogP contribution is 2.33. The molecule has 1 unspecified atom stereocenters. The highest BCUT2D eigenvalue weighted by atomic mass is 32.1. The smallest absolute Gasteiger partial charge is 0.391 e. The van der Waals surface area contributed by atoms with Gasteiger partial charge in [0.15, 0.2) is 0 Å². The van der Waals surface area contributed by atoms with E-state index in [-0.39, 0.29) is 10.6 Å². The molecule has 0 bridgehead atoms. The van der Waals surface area contributed by atoms with Gasteiger partial charge < -0.3 is 11.1 Å².